The van der Waals surface area contributed by atoms with Gasteiger partial charge in [-0.25, -0.2) is 8.42 Å². The molecule has 1 aromatic rings. The van der Waals surface area contributed by atoms with Crippen molar-refractivity contribution in [3.8, 4) is 0 Å². The van der Waals surface area contributed by atoms with Gasteiger partial charge in [-0.15, -0.1) is 0 Å². The van der Waals surface area contributed by atoms with Crippen molar-refractivity contribution in [2.24, 2.45) is 5.73 Å². The monoisotopic (exact) mass is 272 g/mol. The van der Waals surface area contributed by atoms with Crippen molar-refractivity contribution < 1.29 is 13.5 Å². The van der Waals surface area contributed by atoms with E-state index in [4.69, 9.17) is 5.73 Å². The number of aliphatic hydroxyl groups is 1. The largest absolute Gasteiger partial charge is 0.392 e. The average Bonchev–Trinajstić information content (AvgIpc) is 2.27. The molecule has 1 rings (SSSR count). The van der Waals surface area contributed by atoms with Gasteiger partial charge in [-0.3, -0.25) is 0 Å². The molecule has 0 heterocycles. The summed E-state index contributed by atoms with van der Waals surface area (Å²) in [5.74, 6) is 0. The van der Waals surface area contributed by atoms with E-state index in [2.05, 4.69) is 0 Å². The second-order valence-electron chi connectivity index (χ2n) is 4.43. The molecule has 18 heavy (non-hydrogen) atoms. The van der Waals surface area contributed by atoms with Crippen LogP contribution in [0.25, 0.3) is 0 Å². The van der Waals surface area contributed by atoms with Gasteiger partial charge in [0.25, 0.3) is 0 Å². The molecule has 6 heteroatoms. The van der Waals surface area contributed by atoms with E-state index in [1.54, 1.807) is 25.1 Å². The minimum atomic E-state index is -3.55. The molecule has 0 fully saturated rings. The van der Waals surface area contributed by atoms with Crippen molar-refractivity contribution in [2.75, 3.05) is 13.6 Å². The van der Waals surface area contributed by atoms with Gasteiger partial charge in [0, 0.05) is 20.1 Å². The predicted octanol–water partition coefficient (Wildman–Crippen LogP) is 0.455. The van der Waals surface area contributed by atoms with Gasteiger partial charge in [-0.05, 0) is 37.1 Å². The SMILES string of the molecule is Cc1cc(S(=O)(=O)N(C)CC(C)O)ccc1CN. The summed E-state index contributed by atoms with van der Waals surface area (Å²) >= 11 is 0. The minimum absolute atomic E-state index is 0.0695. The van der Waals surface area contributed by atoms with Crippen LogP contribution in [-0.4, -0.2) is 37.5 Å². The summed E-state index contributed by atoms with van der Waals surface area (Å²) in [4.78, 5) is 0.223. The molecule has 1 aromatic carbocycles. The highest BCUT2D eigenvalue weighted by Crippen LogP contribution is 2.18. The highest BCUT2D eigenvalue weighted by atomic mass is 32.2. The van der Waals surface area contributed by atoms with E-state index in [0.29, 0.717) is 6.54 Å². The first-order valence-electron chi connectivity index (χ1n) is 5.73. The molecule has 0 spiro atoms. The molecule has 102 valence electrons. The van der Waals surface area contributed by atoms with Gasteiger partial charge >= 0.3 is 0 Å². The van der Waals surface area contributed by atoms with Crippen molar-refractivity contribution in [1.82, 2.24) is 4.31 Å². The van der Waals surface area contributed by atoms with Crippen LogP contribution in [0.1, 0.15) is 18.1 Å². The Kier molecular flexibility index (Phi) is 4.86. The second-order valence-corrected chi connectivity index (χ2v) is 6.47. The molecular weight excluding hydrogens is 252 g/mol. The van der Waals surface area contributed by atoms with Gasteiger partial charge in [0.15, 0.2) is 0 Å². The molecule has 3 N–H and O–H groups in total. The average molecular weight is 272 g/mol. The smallest absolute Gasteiger partial charge is 0.242 e. The number of likely N-dealkylation sites (N-methyl/N-ethyl adjacent to an activating group) is 1. The van der Waals surface area contributed by atoms with E-state index in [-0.39, 0.29) is 11.4 Å². The number of rotatable bonds is 5. The Morgan fingerprint density at radius 2 is 2.06 bits per heavy atom. The molecule has 0 aliphatic carbocycles. The fourth-order valence-electron chi connectivity index (χ4n) is 1.71. The van der Waals surface area contributed by atoms with E-state index in [1.807, 2.05) is 6.92 Å². The van der Waals surface area contributed by atoms with Gasteiger partial charge in [-0.2, -0.15) is 4.31 Å². The lowest BCUT2D eigenvalue weighted by Gasteiger charge is -2.19. The highest BCUT2D eigenvalue weighted by Gasteiger charge is 2.22. The molecule has 5 nitrogen and oxygen atoms in total. The van der Waals surface area contributed by atoms with Gasteiger partial charge in [0.1, 0.15) is 0 Å². The van der Waals surface area contributed by atoms with Crippen molar-refractivity contribution >= 4 is 10.0 Å². The van der Waals surface area contributed by atoms with Gasteiger partial charge in [0.2, 0.25) is 10.0 Å². The number of benzene rings is 1. The van der Waals surface area contributed by atoms with Crippen LogP contribution < -0.4 is 5.73 Å². The summed E-state index contributed by atoms with van der Waals surface area (Å²) in [6, 6.07) is 4.87. The Bertz CT molecular complexity index is 512. The summed E-state index contributed by atoms with van der Waals surface area (Å²) in [7, 11) is -2.10. The Labute approximate surface area is 108 Å². The summed E-state index contributed by atoms with van der Waals surface area (Å²) in [5, 5.41) is 9.25. The van der Waals surface area contributed by atoms with E-state index in [1.165, 1.54) is 7.05 Å². The zero-order chi connectivity index (χ0) is 13.9. The van der Waals surface area contributed by atoms with Crippen LogP contribution in [0.5, 0.6) is 0 Å². The molecule has 0 radical (unpaired) electrons. The van der Waals surface area contributed by atoms with Crippen molar-refractivity contribution in [3.05, 3.63) is 29.3 Å². The number of hydrogen-bond donors (Lipinski definition) is 2. The highest BCUT2D eigenvalue weighted by molar-refractivity contribution is 7.89. The van der Waals surface area contributed by atoms with Crippen LogP contribution in [0.2, 0.25) is 0 Å². The van der Waals surface area contributed by atoms with E-state index < -0.39 is 16.1 Å². The van der Waals surface area contributed by atoms with Crippen LogP contribution >= 0.6 is 0 Å². The Hall–Kier alpha value is -0.950. The van der Waals surface area contributed by atoms with Crippen LogP contribution in [0, 0.1) is 6.92 Å². The molecule has 0 aromatic heterocycles. The summed E-state index contributed by atoms with van der Waals surface area (Å²) in [6.45, 7) is 3.83. The first-order chi connectivity index (χ1) is 8.28. The molecule has 1 unspecified atom stereocenters. The molecule has 0 aliphatic heterocycles. The van der Waals surface area contributed by atoms with Gasteiger partial charge in [-0.1, -0.05) is 6.07 Å². The Balaban J connectivity index is 3.09. The third-order valence-electron chi connectivity index (χ3n) is 2.76. The fraction of sp³-hybridized carbons (Fsp3) is 0.500. The molecule has 0 amide bonds. The predicted molar refractivity (Wildman–Crippen MR) is 70.6 cm³/mol. The summed E-state index contributed by atoms with van der Waals surface area (Å²) in [6.07, 6.45) is -0.700. The lowest BCUT2D eigenvalue weighted by atomic mass is 10.1. The number of nitrogens with zero attached hydrogens (tertiary/aromatic N) is 1. The summed E-state index contributed by atoms with van der Waals surface area (Å²) < 4.78 is 25.6. The zero-order valence-electron chi connectivity index (χ0n) is 10.9. The fourth-order valence-corrected chi connectivity index (χ4v) is 3.05. The Morgan fingerprint density at radius 1 is 1.44 bits per heavy atom. The van der Waals surface area contributed by atoms with Crippen LogP contribution in [0.3, 0.4) is 0 Å². The summed E-state index contributed by atoms with van der Waals surface area (Å²) in [5.41, 5.74) is 7.32. The lowest BCUT2D eigenvalue weighted by Crippen LogP contribution is -2.33. The third-order valence-corrected chi connectivity index (χ3v) is 4.58. The van der Waals surface area contributed by atoms with E-state index >= 15 is 0 Å². The molecule has 0 aliphatic rings. The standard InChI is InChI=1S/C12H20N2O3S/c1-9-6-12(5-4-11(9)7-13)18(16,17)14(3)8-10(2)15/h4-6,10,15H,7-8,13H2,1-3H3. The van der Waals surface area contributed by atoms with Crippen molar-refractivity contribution in [2.45, 2.75) is 31.4 Å². The van der Waals surface area contributed by atoms with E-state index in [0.717, 1.165) is 15.4 Å². The van der Waals surface area contributed by atoms with Crippen molar-refractivity contribution in [3.63, 3.8) is 0 Å². The Morgan fingerprint density at radius 3 is 2.50 bits per heavy atom. The van der Waals surface area contributed by atoms with Crippen LogP contribution in [-0.2, 0) is 16.6 Å². The zero-order valence-corrected chi connectivity index (χ0v) is 11.7. The topological polar surface area (TPSA) is 83.6 Å². The normalized spacial score (nSPS) is 13.9. The molecule has 0 bridgehead atoms. The maximum absolute atomic E-state index is 12.2. The third kappa shape index (κ3) is 3.29. The van der Waals surface area contributed by atoms with E-state index in [9.17, 15) is 13.5 Å². The maximum atomic E-state index is 12.2. The number of hydrogen-bond acceptors (Lipinski definition) is 4. The van der Waals surface area contributed by atoms with Gasteiger partial charge < -0.3 is 10.8 Å². The maximum Gasteiger partial charge on any atom is 0.242 e. The second kappa shape index (κ2) is 5.79. The molecule has 0 saturated heterocycles. The molecular formula is C12H20N2O3S. The number of sulfonamides is 1. The lowest BCUT2D eigenvalue weighted by molar-refractivity contribution is 0.171. The quantitative estimate of drug-likeness (QED) is 0.815. The van der Waals surface area contributed by atoms with Crippen LogP contribution in [0.15, 0.2) is 23.1 Å². The van der Waals surface area contributed by atoms with Crippen molar-refractivity contribution in [1.29, 1.82) is 0 Å². The minimum Gasteiger partial charge on any atom is -0.392 e. The first kappa shape index (κ1) is 15.1. The number of aliphatic hydroxyl groups excluding tert-OH is 1. The molecule has 1 atom stereocenters. The van der Waals surface area contributed by atoms with Crippen LogP contribution in [0.4, 0.5) is 0 Å². The number of nitrogens with two attached hydrogens (primary N) is 1. The first-order valence-corrected chi connectivity index (χ1v) is 7.17. The molecule has 0 saturated carbocycles. The van der Waals surface area contributed by atoms with Gasteiger partial charge in [0.05, 0.1) is 11.0 Å². The number of aryl methyl sites for hydroxylation is 1.